The van der Waals surface area contributed by atoms with Crippen molar-refractivity contribution in [3.05, 3.63) is 141 Å². The van der Waals surface area contributed by atoms with Crippen molar-refractivity contribution in [2.45, 2.75) is 65.2 Å². The lowest BCUT2D eigenvalue weighted by Crippen LogP contribution is -2.28. The van der Waals surface area contributed by atoms with E-state index in [9.17, 15) is 25.1 Å². The van der Waals surface area contributed by atoms with Gasteiger partial charge in [0.25, 0.3) is 0 Å². The first kappa shape index (κ1) is 44.2. The lowest BCUT2D eigenvalue weighted by molar-refractivity contribution is -0.140. The summed E-state index contributed by atoms with van der Waals surface area (Å²) in [7, 11) is 0. The summed E-state index contributed by atoms with van der Waals surface area (Å²) in [6, 6.07) is 27.5. The summed E-state index contributed by atoms with van der Waals surface area (Å²) in [6.45, 7) is 5.31. The highest BCUT2D eigenvalue weighted by Crippen LogP contribution is 2.37. The molecule has 0 saturated carbocycles. The largest absolute Gasteiger partial charge is 0.488 e. The first-order chi connectivity index (χ1) is 29.4. The Balaban J connectivity index is 1.20. The molecular formula is C47H46ClN5O8. The molecule has 0 spiro atoms. The standard InChI is InChI=1S/C47H46ClN5O8/c1-28-34(27-61-44-17-43(60-26-31-12-30(18-49)19-50-20-31)36(14-42(44)48)22-52-25-38(55)16-46(58)59)8-4-10-40(28)41-11-5-9-39(29(41)2)35-13-32-6-3-7-33(47(32)53-23-35)21-51-24-37(54)15-45(56)57/h3-14,17,19-20,23,37-38,51-52,54-55H,15-16,21-22,24-27H2,1-2H3,(H,56,57)(H,58,59)/t37-,38-/m0/s1. The lowest BCUT2D eigenvalue weighted by atomic mass is 9.89. The van der Waals surface area contributed by atoms with Gasteiger partial charge in [-0.3, -0.25) is 19.6 Å². The van der Waals surface area contributed by atoms with Crippen LogP contribution >= 0.6 is 11.6 Å². The third kappa shape index (κ3) is 11.7. The molecule has 0 radical (unpaired) electrons. The van der Waals surface area contributed by atoms with Crippen molar-refractivity contribution >= 4 is 34.4 Å². The van der Waals surface area contributed by atoms with Crippen molar-refractivity contribution in [1.29, 1.82) is 5.26 Å². The smallest absolute Gasteiger partial charge is 0.306 e. The zero-order chi connectivity index (χ0) is 43.5. The molecule has 2 aromatic heterocycles. The maximum atomic E-state index is 11.0. The van der Waals surface area contributed by atoms with E-state index >= 15 is 0 Å². The molecule has 0 unspecified atom stereocenters. The second kappa shape index (κ2) is 20.7. The van der Waals surface area contributed by atoms with Gasteiger partial charge in [0.05, 0.1) is 41.2 Å². The van der Waals surface area contributed by atoms with Crippen LogP contribution in [0.2, 0.25) is 5.02 Å². The quantitative estimate of drug-likeness (QED) is 0.0454. The van der Waals surface area contributed by atoms with Gasteiger partial charge in [0, 0.05) is 72.9 Å². The molecule has 314 valence electrons. The highest BCUT2D eigenvalue weighted by Gasteiger charge is 2.17. The Kier molecular flexibility index (Phi) is 15.0. The summed E-state index contributed by atoms with van der Waals surface area (Å²) in [6.07, 6.45) is 2.16. The molecule has 6 rings (SSSR count). The van der Waals surface area contributed by atoms with E-state index < -0.39 is 30.6 Å². The van der Waals surface area contributed by atoms with Gasteiger partial charge >= 0.3 is 11.9 Å². The molecule has 13 nitrogen and oxygen atoms in total. The highest BCUT2D eigenvalue weighted by molar-refractivity contribution is 6.32. The average Bonchev–Trinajstić information content (AvgIpc) is 3.23. The van der Waals surface area contributed by atoms with Crippen LogP contribution in [0.15, 0.2) is 97.5 Å². The number of carboxylic acids is 2. The maximum absolute atomic E-state index is 11.0. The van der Waals surface area contributed by atoms with Gasteiger partial charge in [0.1, 0.15) is 30.8 Å². The predicted octanol–water partition coefficient (Wildman–Crippen LogP) is 7.11. The van der Waals surface area contributed by atoms with Gasteiger partial charge in [-0.05, 0) is 71.0 Å². The number of aliphatic carboxylic acids is 2. The molecule has 2 atom stereocenters. The average molecular weight is 844 g/mol. The molecule has 0 bridgehead atoms. The number of hydrogen-bond acceptors (Lipinski definition) is 11. The van der Waals surface area contributed by atoms with Gasteiger partial charge in [-0.15, -0.1) is 0 Å². The molecule has 0 amide bonds. The molecule has 0 saturated heterocycles. The van der Waals surface area contributed by atoms with Crippen LogP contribution in [0.25, 0.3) is 33.2 Å². The number of nitrogens with one attached hydrogen (secondary N) is 2. The van der Waals surface area contributed by atoms with Crippen LogP contribution in [0, 0.1) is 25.2 Å². The molecule has 61 heavy (non-hydrogen) atoms. The minimum Gasteiger partial charge on any atom is -0.488 e. The van der Waals surface area contributed by atoms with Crippen LogP contribution < -0.4 is 20.1 Å². The summed E-state index contributed by atoms with van der Waals surface area (Å²) in [5, 5.41) is 54.8. The van der Waals surface area contributed by atoms with Crippen LogP contribution in [0.5, 0.6) is 11.5 Å². The Morgan fingerprint density at radius 3 is 2.07 bits per heavy atom. The van der Waals surface area contributed by atoms with Crippen molar-refractivity contribution in [3.8, 4) is 39.8 Å². The Morgan fingerprint density at radius 1 is 0.738 bits per heavy atom. The van der Waals surface area contributed by atoms with Crippen molar-refractivity contribution < 1.29 is 39.5 Å². The van der Waals surface area contributed by atoms with Gasteiger partial charge in [0.15, 0.2) is 0 Å². The first-order valence-electron chi connectivity index (χ1n) is 19.6. The third-order valence-corrected chi connectivity index (χ3v) is 10.5. The molecule has 14 heteroatoms. The molecule has 0 fully saturated rings. The molecule has 2 heterocycles. The van der Waals surface area contributed by atoms with Crippen molar-refractivity contribution in [2.75, 3.05) is 13.1 Å². The van der Waals surface area contributed by atoms with Crippen LogP contribution in [0.3, 0.4) is 0 Å². The van der Waals surface area contributed by atoms with Gasteiger partial charge in [-0.1, -0.05) is 66.2 Å². The molecule has 0 aliphatic rings. The predicted molar refractivity (Wildman–Crippen MR) is 231 cm³/mol. The number of nitrogens with zero attached hydrogens (tertiary/aromatic N) is 3. The monoisotopic (exact) mass is 843 g/mol. The van der Waals surface area contributed by atoms with E-state index in [1.165, 1.54) is 6.20 Å². The fraction of sp³-hybridized carbons (Fsp3) is 0.255. The molecule has 4 aromatic carbocycles. The minimum absolute atomic E-state index is 0.0403. The van der Waals surface area contributed by atoms with E-state index in [2.05, 4.69) is 59.8 Å². The number of pyridine rings is 2. The summed E-state index contributed by atoms with van der Waals surface area (Å²) >= 11 is 6.77. The van der Waals surface area contributed by atoms with Crippen LogP contribution in [-0.2, 0) is 35.9 Å². The number of fused-ring (bicyclic) bond motifs is 1. The molecule has 6 aromatic rings. The normalized spacial score (nSPS) is 12.1. The number of rotatable bonds is 20. The summed E-state index contributed by atoms with van der Waals surface area (Å²) in [4.78, 5) is 30.9. The number of hydrogen-bond donors (Lipinski definition) is 6. The minimum atomic E-state index is -1.10. The Hall–Kier alpha value is -6.40. The van der Waals surface area contributed by atoms with E-state index in [-0.39, 0.29) is 39.3 Å². The van der Waals surface area contributed by atoms with E-state index in [0.717, 1.165) is 55.4 Å². The van der Waals surface area contributed by atoms with E-state index in [0.29, 0.717) is 39.8 Å². The third-order valence-electron chi connectivity index (χ3n) is 10.2. The van der Waals surface area contributed by atoms with E-state index in [1.807, 2.05) is 42.6 Å². The number of para-hydroxylation sites is 1. The number of carboxylic acid groups (broad SMARTS) is 2. The van der Waals surface area contributed by atoms with Gasteiger partial charge in [0.2, 0.25) is 0 Å². The number of aliphatic hydroxyl groups is 2. The number of aromatic nitrogens is 2. The van der Waals surface area contributed by atoms with Crippen LogP contribution in [0.1, 0.15) is 51.8 Å². The van der Waals surface area contributed by atoms with E-state index in [4.69, 9.17) is 36.3 Å². The summed E-state index contributed by atoms with van der Waals surface area (Å²) in [5.41, 5.74) is 10.7. The zero-order valence-corrected chi connectivity index (χ0v) is 34.4. The number of ether oxygens (including phenoxy) is 2. The number of halogens is 1. The van der Waals surface area contributed by atoms with Gasteiger partial charge in [-0.2, -0.15) is 5.26 Å². The lowest BCUT2D eigenvalue weighted by Gasteiger charge is -2.18. The Labute approximate surface area is 358 Å². The Bertz CT molecular complexity index is 2580. The second-order valence-electron chi connectivity index (χ2n) is 14.7. The fourth-order valence-corrected chi connectivity index (χ4v) is 7.32. The maximum Gasteiger partial charge on any atom is 0.306 e. The van der Waals surface area contributed by atoms with E-state index in [1.54, 1.807) is 24.4 Å². The number of aliphatic hydroxyl groups excluding tert-OH is 2. The second-order valence-corrected chi connectivity index (χ2v) is 15.1. The summed E-state index contributed by atoms with van der Waals surface area (Å²) in [5.74, 6) is -1.31. The first-order valence-corrected chi connectivity index (χ1v) is 20.0. The molecule has 0 aliphatic carbocycles. The highest BCUT2D eigenvalue weighted by atomic mass is 35.5. The summed E-state index contributed by atoms with van der Waals surface area (Å²) < 4.78 is 12.5. The topological polar surface area (TPSA) is 207 Å². The number of carbonyl (C=O) groups is 2. The molecule has 6 N–H and O–H groups in total. The fourth-order valence-electron chi connectivity index (χ4n) is 7.08. The Morgan fingerprint density at radius 2 is 1.36 bits per heavy atom. The van der Waals surface area contributed by atoms with Crippen molar-refractivity contribution in [2.24, 2.45) is 0 Å². The van der Waals surface area contributed by atoms with Gasteiger partial charge < -0.3 is 40.5 Å². The van der Waals surface area contributed by atoms with Crippen molar-refractivity contribution in [3.63, 3.8) is 0 Å². The van der Waals surface area contributed by atoms with Crippen LogP contribution in [-0.4, -0.2) is 67.6 Å². The van der Waals surface area contributed by atoms with Gasteiger partial charge in [-0.25, -0.2) is 0 Å². The number of nitriles is 1. The zero-order valence-electron chi connectivity index (χ0n) is 33.7. The number of benzene rings is 4. The van der Waals surface area contributed by atoms with Crippen molar-refractivity contribution in [1.82, 2.24) is 20.6 Å². The molecular weight excluding hydrogens is 798 g/mol. The molecule has 0 aliphatic heterocycles. The van der Waals surface area contributed by atoms with Crippen LogP contribution in [0.4, 0.5) is 0 Å². The SMILES string of the molecule is Cc1c(COc2cc(OCc3cncc(C#N)c3)c(CNC[C@@H](O)CC(=O)O)cc2Cl)cccc1-c1cccc(-c2cnc3c(CNC[C@@H](O)CC(=O)O)cccc3c2)c1C.